The highest BCUT2D eigenvalue weighted by atomic mass is 16.5. The van der Waals surface area contributed by atoms with Crippen molar-refractivity contribution in [3.8, 4) is 11.9 Å². The number of benzene rings is 1. The fourth-order valence-electron chi connectivity index (χ4n) is 2.77. The molecule has 3 rings (SSSR count). The molecule has 0 spiro atoms. The number of imidazole rings is 1. The molecule has 148 valence electrons. The molecule has 2 aromatic heterocycles. The molecule has 0 bridgehead atoms. The number of hydrogen-bond donors (Lipinski definition) is 0. The molecule has 0 radical (unpaired) electrons. The summed E-state index contributed by atoms with van der Waals surface area (Å²) in [5.74, 6) is -0.337. The molecular weight excluding hydrogens is 366 g/mol. The van der Waals surface area contributed by atoms with E-state index in [1.54, 1.807) is 4.40 Å². The third-order valence-corrected chi connectivity index (χ3v) is 4.09. The van der Waals surface area contributed by atoms with E-state index < -0.39 is 11.6 Å². The minimum absolute atomic E-state index is 0.0936. The lowest BCUT2D eigenvalue weighted by atomic mass is 10.2. The van der Waals surface area contributed by atoms with Gasteiger partial charge < -0.3 is 9.47 Å². The fourth-order valence-corrected chi connectivity index (χ4v) is 2.77. The number of carbonyl (C=O) groups excluding carboxylic acids is 1. The molecule has 0 aliphatic rings. The number of fused-ring (bicyclic) bond motifs is 1. The number of rotatable bonds is 5. The molecule has 1 aromatic carbocycles. The van der Waals surface area contributed by atoms with E-state index in [1.807, 2.05) is 82.4 Å². The number of carbonyl (C=O) groups is 1. The van der Waals surface area contributed by atoms with Gasteiger partial charge in [-0.3, -0.25) is 4.40 Å². The van der Waals surface area contributed by atoms with Crippen molar-refractivity contribution < 1.29 is 14.3 Å². The molecule has 0 atom stereocenters. The third-order valence-electron chi connectivity index (χ3n) is 4.09. The second-order valence-corrected chi connectivity index (χ2v) is 7.63. The lowest BCUT2D eigenvalue weighted by Gasteiger charge is -2.19. The number of ether oxygens (including phenoxy) is 2. The number of nitriles is 1. The van der Waals surface area contributed by atoms with Gasteiger partial charge in [-0.05, 0) is 51.0 Å². The summed E-state index contributed by atoms with van der Waals surface area (Å²) in [4.78, 5) is 17.1. The van der Waals surface area contributed by atoms with E-state index in [1.165, 1.54) is 6.08 Å². The first-order chi connectivity index (χ1) is 13.8. The summed E-state index contributed by atoms with van der Waals surface area (Å²) in [6.45, 7) is 7.77. The molecule has 0 saturated heterocycles. The largest absolute Gasteiger partial charge is 0.470 e. The predicted octanol–water partition coefficient (Wildman–Crippen LogP) is 4.47. The van der Waals surface area contributed by atoms with Crippen LogP contribution in [-0.4, -0.2) is 21.0 Å². The van der Waals surface area contributed by atoms with Crippen LogP contribution >= 0.6 is 0 Å². The lowest BCUT2D eigenvalue weighted by molar-refractivity contribution is -0.139. The van der Waals surface area contributed by atoms with Gasteiger partial charge in [0.05, 0.1) is 0 Å². The first kappa shape index (κ1) is 20.2. The highest BCUT2D eigenvalue weighted by molar-refractivity contribution is 5.98. The summed E-state index contributed by atoms with van der Waals surface area (Å²) in [6, 6.07) is 15.1. The third kappa shape index (κ3) is 4.82. The van der Waals surface area contributed by atoms with Gasteiger partial charge in [0.25, 0.3) is 0 Å². The summed E-state index contributed by atoms with van der Waals surface area (Å²) in [7, 11) is 0. The topological polar surface area (TPSA) is 76.6 Å². The molecule has 0 amide bonds. The van der Waals surface area contributed by atoms with Gasteiger partial charge in [-0.25, -0.2) is 4.79 Å². The minimum atomic E-state index is -0.694. The van der Waals surface area contributed by atoms with Crippen LogP contribution in [0.15, 0.2) is 54.2 Å². The van der Waals surface area contributed by atoms with Gasteiger partial charge in [0.2, 0.25) is 5.88 Å². The molecule has 6 heteroatoms. The van der Waals surface area contributed by atoms with E-state index in [-0.39, 0.29) is 12.2 Å². The van der Waals surface area contributed by atoms with Crippen molar-refractivity contribution in [1.82, 2.24) is 9.38 Å². The van der Waals surface area contributed by atoms with Crippen LogP contribution in [0.25, 0.3) is 11.7 Å². The van der Waals surface area contributed by atoms with Crippen LogP contribution in [0.2, 0.25) is 0 Å². The first-order valence-electron chi connectivity index (χ1n) is 9.28. The molecule has 0 aliphatic heterocycles. The zero-order chi connectivity index (χ0) is 21.0. The van der Waals surface area contributed by atoms with Crippen molar-refractivity contribution in [3.63, 3.8) is 0 Å². The van der Waals surface area contributed by atoms with Gasteiger partial charge in [0.1, 0.15) is 35.2 Å². The Labute approximate surface area is 170 Å². The number of nitrogens with zero attached hydrogens (tertiary/aromatic N) is 3. The molecule has 0 N–H and O–H groups in total. The molecule has 0 saturated carbocycles. The number of esters is 1. The van der Waals surface area contributed by atoms with E-state index >= 15 is 0 Å². The average molecular weight is 389 g/mol. The Morgan fingerprint density at radius 3 is 2.59 bits per heavy atom. The van der Waals surface area contributed by atoms with Gasteiger partial charge in [-0.15, -0.1) is 0 Å². The standard InChI is InChI=1S/C23H23N3O3/c1-16-9-8-12-26-19(21(25-20(16)26)29-23(2,3)4)13-18(14-24)22(27)28-15-17-10-6-5-7-11-17/h5-13H,15H2,1-4H3/b18-13-. The minimum Gasteiger partial charge on any atom is -0.470 e. The van der Waals surface area contributed by atoms with Crippen LogP contribution in [0, 0.1) is 18.3 Å². The van der Waals surface area contributed by atoms with Crippen molar-refractivity contribution in [1.29, 1.82) is 5.26 Å². The molecule has 6 nitrogen and oxygen atoms in total. The van der Waals surface area contributed by atoms with Gasteiger partial charge in [-0.1, -0.05) is 36.4 Å². The van der Waals surface area contributed by atoms with Crippen LogP contribution in [-0.2, 0) is 16.1 Å². The SMILES string of the molecule is Cc1cccn2c(/C=C(/C#N)C(=O)OCc3ccccc3)c(OC(C)(C)C)nc12. The zero-order valence-corrected chi connectivity index (χ0v) is 17.0. The lowest BCUT2D eigenvalue weighted by Crippen LogP contribution is -2.23. The Balaban J connectivity index is 1.97. The second kappa shape index (κ2) is 8.19. The average Bonchev–Trinajstić information content (AvgIpc) is 3.01. The Bertz CT molecular complexity index is 1100. The van der Waals surface area contributed by atoms with E-state index in [0.717, 1.165) is 11.1 Å². The van der Waals surface area contributed by atoms with Crippen molar-refractivity contribution in [2.24, 2.45) is 0 Å². The molecule has 29 heavy (non-hydrogen) atoms. The van der Waals surface area contributed by atoms with Crippen LogP contribution < -0.4 is 4.74 Å². The van der Waals surface area contributed by atoms with E-state index in [9.17, 15) is 10.1 Å². The van der Waals surface area contributed by atoms with Gasteiger partial charge >= 0.3 is 5.97 Å². The van der Waals surface area contributed by atoms with Gasteiger partial charge in [-0.2, -0.15) is 10.2 Å². The molecule has 3 aromatic rings. The van der Waals surface area contributed by atoms with Crippen LogP contribution in [0.4, 0.5) is 0 Å². The summed E-state index contributed by atoms with van der Waals surface area (Å²) in [5, 5.41) is 9.55. The molecule has 0 fully saturated rings. The van der Waals surface area contributed by atoms with Crippen molar-refractivity contribution in [3.05, 3.63) is 71.1 Å². The maximum atomic E-state index is 12.5. The van der Waals surface area contributed by atoms with Crippen molar-refractivity contribution >= 4 is 17.7 Å². The Morgan fingerprint density at radius 2 is 1.93 bits per heavy atom. The summed E-state index contributed by atoms with van der Waals surface area (Å²) in [6.07, 6.45) is 3.29. The molecule has 0 unspecified atom stereocenters. The van der Waals surface area contributed by atoms with Crippen LogP contribution in [0.3, 0.4) is 0 Å². The highest BCUT2D eigenvalue weighted by Gasteiger charge is 2.21. The smallest absolute Gasteiger partial charge is 0.349 e. The zero-order valence-electron chi connectivity index (χ0n) is 17.0. The van der Waals surface area contributed by atoms with E-state index in [0.29, 0.717) is 17.2 Å². The van der Waals surface area contributed by atoms with E-state index in [4.69, 9.17) is 9.47 Å². The monoisotopic (exact) mass is 389 g/mol. The van der Waals surface area contributed by atoms with E-state index in [2.05, 4.69) is 4.98 Å². The maximum Gasteiger partial charge on any atom is 0.349 e. The van der Waals surface area contributed by atoms with Crippen LogP contribution in [0.5, 0.6) is 5.88 Å². The number of aromatic nitrogens is 2. The molecule has 2 heterocycles. The fraction of sp³-hybridized carbons (Fsp3) is 0.261. The first-order valence-corrected chi connectivity index (χ1v) is 9.28. The predicted molar refractivity (Wildman–Crippen MR) is 110 cm³/mol. The highest BCUT2D eigenvalue weighted by Crippen LogP contribution is 2.27. The Kier molecular flexibility index (Phi) is 5.69. The summed E-state index contributed by atoms with van der Waals surface area (Å²) in [5.41, 5.74) is 2.41. The quantitative estimate of drug-likeness (QED) is 0.365. The Hall–Kier alpha value is -3.59. The Morgan fingerprint density at radius 1 is 1.21 bits per heavy atom. The normalized spacial score (nSPS) is 11.9. The van der Waals surface area contributed by atoms with Crippen molar-refractivity contribution in [2.75, 3.05) is 0 Å². The summed E-state index contributed by atoms with van der Waals surface area (Å²) < 4.78 is 13.1. The van der Waals surface area contributed by atoms with Crippen LogP contribution in [0.1, 0.15) is 37.6 Å². The summed E-state index contributed by atoms with van der Waals surface area (Å²) >= 11 is 0. The number of aryl methyl sites for hydroxylation is 1. The van der Waals surface area contributed by atoms with Gasteiger partial charge in [0, 0.05) is 6.20 Å². The maximum absolute atomic E-state index is 12.5. The number of pyridine rings is 1. The molecule has 0 aliphatic carbocycles. The molecular formula is C23H23N3O3. The second-order valence-electron chi connectivity index (χ2n) is 7.63. The number of hydrogen-bond acceptors (Lipinski definition) is 5. The van der Waals surface area contributed by atoms with Gasteiger partial charge in [0.15, 0.2) is 0 Å². The van der Waals surface area contributed by atoms with Crippen molar-refractivity contribution in [2.45, 2.75) is 39.9 Å².